The molecule has 26 nitrogen and oxygen atoms in total. The van der Waals surface area contributed by atoms with Gasteiger partial charge in [0.2, 0.25) is 11.8 Å². The van der Waals surface area contributed by atoms with Crippen molar-refractivity contribution in [2.75, 3.05) is 152 Å². The van der Waals surface area contributed by atoms with Crippen molar-refractivity contribution in [2.24, 2.45) is 5.92 Å². The molecular weight excluding hydrogens is 1120 g/mol. The van der Waals surface area contributed by atoms with Crippen LogP contribution in [0.25, 0.3) is 0 Å². The monoisotopic (exact) mass is 1180 g/mol. The number of barbiturate groups is 1. The van der Waals surface area contributed by atoms with Crippen LogP contribution < -0.4 is 0 Å². The third-order valence-electron chi connectivity index (χ3n) is 9.01. The number of carbonyl (C=O) groups is 3. The maximum atomic E-state index is 14.3. The number of urea groups is 1. The molecule has 0 aliphatic carbocycles. The average molecular weight is 1180 g/mol. The molecule has 0 bridgehead atoms. The van der Waals surface area contributed by atoms with Crippen LogP contribution in [0.1, 0.15) is 6.42 Å². The summed E-state index contributed by atoms with van der Waals surface area (Å²) in [7, 11) is 0. The van der Waals surface area contributed by atoms with Gasteiger partial charge in [0.25, 0.3) is 0 Å². The maximum Gasteiger partial charge on any atom is 0.383 e. The zero-order valence-electron chi connectivity index (χ0n) is 41.1. The summed E-state index contributed by atoms with van der Waals surface area (Å²) >= 11 is 0. The second-order valence-corrected chi connectivity index (χ2v) is 16.5. The minimum Gasteiger partial charge on any atom is -0.394 e. The average Bonchev–Trinajstić information content (AvgIpc) is 3.32. The van der Waals surface area contributed by atoms with E-state index in [0.29, 0.717) is 0 Å². The van der Waals surface area contributed by atoms with Gasteiger partial charge in [0.05, 0.1) is 131 Å². The van der Waals surface area contributed by atoms with Crippen molar-refractivity contribution in [1.29, 1.82) is 0 Å². The first kappa shape index (κ1) is 72.9. The molecule has 6 atom stereocenters. The van der Waals surface area contributed by atoms with Crippen molar-refractivity contribution >= 4 is 17.8 Å². The molecule has 0 aromatic heterocycles. The van der Waals surface area contributed by atoms with Crippen LogP contribution >= 0.6 is 0 Å². The Morgan fingerprint density at radius 1 is 0.359 bits per heavy atom. The van der Waals surface area contributed by atoms with E-state index in [0.717, 1.165) is 0 Å². The summed E-state index contributed by atoms with van der Waals surface area (Å²) in [5, 5.41) is 85.1. The number of carbonyl (C=O) groups excluding carboxylic acids is 3. The van der Waals surface area contributed by atoms with Gasteiger partial charge in [-0.15, -0.1) is 0 Å². The topological polar surface area (TPSA) is 351 Å². The fourth-order valence-electron chi connectivity index (χ4n) is 5.74. The van der Waals surface area contributed by atoms with E-state index in [1.807, 2.05) is 0 Å². The summed E-state index contributed by atoms with van der Waals surface area (Å²) in [4.78, 5) is 40.4. The summed E-state index contributed by atoms with van der Waals surface area (Å²) in [6, 6.07) is -1.77. The van der Waals surface area contributed by atoms with Gasteiger partial charge >= 0.3 is 42.7 Å². The molecule has 78 heavy (non-hydrogen) atoms. The van der Waals surface area contributed by atoms with E-state index in [9.17, 15) is 82.4 Å². The highest BCUT2D eigenvalue weighted by molar-refractivity contribution is 6.16. The number of halogens is 12. The lowest BCUT2D eigenvalue weighted by atomic mass is 9.95. The number of rotatable bonds is 48. The van der Waals surface area contributed by atoms with Gasteiger partial charge in [0, 0.05) is 0 Å². The SMILES string of the molecule is O=C1C(CC(O)COCC(F)(F)OC(F)(F)COCCOCC(O)CO)C(=O)N(CC(O)COCC(F)(F)OC(F)(F)COCCOCC(O)CO)C(=O)N1CC(O)COCC(F)(F)OC(F)(F)COCCOCC(O)CO. The Balaban J connectivity index is 3.03. The second-order valence-electron chi connectivity index (χ2n) is 16.5. The highest BCUT2D eigenvalue weighted by atomic mass is 19.3. The highest BCUT2D eigenvalue weighted by Crippen LogP contribution is 2.31. The molecule has 1 fully saturated rings. The Morgan fingerprint density at radius 2 is 0.590 bits per heavy atom. The van der Waals surface area contributed by atoms with Crippen LogP contribution in [0.4, 0.5) is 57.5 Å². The Morgan fingerprint density at radius 3 is 0.859 bits per heavy atom. The number of aliphatic hydroxyl groups is 9. The van der Waals surface area contributed by atoms with Crippen LogP contribution in [0.2, 0.25) is 0 Å². The molecular formula is C40H64F12N2O24. The van der Waals surface area contributed by atoms with Crippen LogP contribution in [0.3, 0.4) is 0 Å². The molecule has 0 radical (unpaired) electrons. The number of aliphatic hydroxyl groups excluding tert-OH is 9. The Hall–Kier alpha value is -3.07. The van der Waals surface area contributed by atoms with Gasteiger partial charge < -0.3 is 88.6 Å². The molecule has 1 heterocycles. The van der Waals surface area contributed by atoms with Crippen molar-refractivity contribution in [3.8, 4) is 0 Å². The van der Waals surface area contributed by atoms with Gasteiger partial charge in [-0.25, -0.2) is 4.79 Å². The van der Waals surface area contributed by atoms with Gasteiger partial charge in [0.1, 0.15) is 63.9 Å². The van der Waals surface area contributed by atoms with Gasteiger partial charge in [-0.1, -0.05) is 0 Å². The lowest BCUT2D eigenvalue weighted by molar-refractivity contribution is -0.394. The van der Waals surface area contributed by atoms with Crippen LogP contribution in [-0.4, -0.2) is 299 Å². The summed E-state index contributed by atoms with van der Waals surface area (Å²) in [5.74, 6) is -5.63. The standard InChI is InChI=1S/C40H64F12N2O24/c41-35(42,19-70-4-1-67-16-28(61)10-55)76-38(47,48)22-73-13-25(58)7-31-32(64)53(8-26(59)14-74-23-39(49,50)77-36(43,44)20-71-5-2-68-17-29(62)11-56)34(66)54(33(31)65)9-27(60)15-75-24-40(51,52)78-37(45,46)21-72-6-3-69-18-30(63)12-57/h25-31,55-63H,1-24H2. The van der Waals surface area contributed by atoms with Crippen molar-refractivity contribution in [2.45, 2.75) is 79.7 Å². The first-order valence-corrected chi connectivity index (χ1v) is 22.8. The van der Waals surface area contributed by atoms with E-state index in [1.165, 1.54) is 0 Å². The lowest BCUT2D eigenvalue weighted by Crippen LogP contribution is -2.63. The molecule has 1 rings (SSSR count). The fourth-order valence-corrected chi connectivity index (χ4v) is 5.74. The number of hydrogen-bond donors (Lipinski definition) is 9. The second kappa shape index (κ2) is 35.7. The number of nitrogens with zero attached hydrogens (tertiary/aromatic N) is 2. The third kappa shape index (κ3) is 32.4. The van der Waals surface area contributed by atoms with E-state index in [1.54, 1.807) is 0 Å². The maximum absolute atomic E-state index is 14.3. The molecule has 1 aliphatic rings. The van der Waals surface area contributed by atoms with Gasteiger partial charge in [-0.2, -0.15) is 52.7 Å². The summed E-state index contributed by atoms with van der Waals surface area (Å²) < 4.78 is 222. The molecule has 1 aliphatic heterocycles. The number of amides is 4. The first-order chi connectivity index (χ1) is 36.2. The van der Waals surface area contributed by atoms with E-state index in [4.69, 9.17) is 44.8 Å². The lowest BCUT2D eigenvalue weighted by Gasteiger charge is -2.38. The van der Waals surface area contributed by atoms with Crippen molar-refractivity contribution in [3.63, 3.8) is 0 Å². The zero-order chi connectivity index (χ0) is 59.4. The molecule has 0 spiro atoms. The predicted octanol–water partition coefficient (Wildman–Crippen LogP) is -2.32. The molecule has 462 valence electrons. The molecule has 4 amide bonds. The van der Waals surface area contributed by atoms with Gasteiger partial charge in [0.15, 0.2) is 0 Å². The Kier molecular flexibility index (Phi) is 33.4. The number of alkyl halides is 12. The molecule has 0 aromatic carbocycles. The third-order valence-corrected chi connectivity index (χ3v) is 9.01. The largest absolute Gasteiger partial charge is 0.394 e. The molecule has 6 unspecified atom stereocenters. The number of hydrogen-bond acceptors (Lipinski definition) is 24. The predicted molar refractivity (Wildman–Crippen MR) is 225 cm³/mol. The van der Waals surface area contributed by atoms with Crippen LogP contribution in [0.15, 0.2) is 0 Å². The highest BCUT2D eigenvalue weighted by Gasteiger charge is 2.50. The number of β-amino-alcohol motifs (C(OH)–C–C–N with tert-alkyl or cyclic N) is 2. The quantitative estimate of drug-likeness (QED) is 0.0175. The first-order valence-electron chi connectivity index (χ1n) is 22.8. The smallest absolute Gasteiger partial charge is 0.383 e. The minimum atomic E-state index is -4.83. The summed E-state index contributed by atoms with van der Waals surface area (Å²) in [6.45, 7) is -24.5. The number of imide groups is 2. The number of ether oxygens (including phenoxy) is 12. The van der Waals surface area contributed by atoms with Gasteiger partial charge in [-0.3, -0.25) is 33.6 Å². The van der Waals surface area contributed by atoms with Crippen molar-refractivity contribution in [1.82, 2.24) is 9.80 Å². The van der Waals surface area contributed by atoms with Gasteiger partial charge in [-0.05, 0) is 6.42 Å². The van der Waals surface area contributed by atoms with Crippen molar-refractivity contribution in [3.05, 3.63) is 0 Å². The minimum absolute atomic E-state index is 0.0247. The van der Waals surface area contributed by atoms with Crippen LogP contribution in [0.5, 0.6) is 0 Å². The zero-order valence-corrected chi connectivity index (χ0v) is 41.1. The van der Waals surface area contributed by atoms with Crippen LogP contribution in [0, 0.1) is 5.92 Å². The normalized spacial score (nSPS) is 18.0. The van der Waals surface area contributed by atoms with E-state index >= 15 is 0 Å². The molecule has 0 saturated carbocycles. The summed E-state index contributed by atoms with van der Waals surface area (Å²) in [6.07, 6.45) is -40.4. The van der Waals surface area contributed by atoms with E-state index < -0.39 is 255 Å². The molecule has 9 N–H and O–H groups in total. The molecule has 38 heteroatoms. The molecule has 1 saturated heterocycles. The fraction of sp³-hybridized carbons (Fsp3) is 0.925. The van der Waals surface area contributed by atoms with Crippen molar-refractivity contribution < 1.29 is 170 Å². The Bertz CT molecular complexity index is 1490. The van der Waals surface area contributed by atoms with Crippen LogP contribution in [-0.2, 0) is 66.4 Å². The van der Waals surface area contributed by atoms with E-state index in [2.05, 4.69) is 42.6 Å². The molecule has 0 aromatic rings. The van der Waals surface area contributed by atoms with E-state index in [-0.39, 0.29) is 9.80 Å². The Labute approximate surface area is 434 Å². The summed E-state index contributed by atoms with van der Waals surface area (Å²) in [5.41, 5.74) is 0.